The Labute approximate surface area is 112 Å². The molecule has 0 atom stereocenters. The Kier molecular flexibility index (Phi) is 5.99. The molecule has 0 fully saturated rings. The molecule has 0 aliphatic heterocycles. The molecule has 0 saturated heterocycles. The van der Waals surface area contributed by atoms with E-state index in [1.54, 1.807) is 18.2 Å². The first-order valence-electron chi connectivity index (χ1n) is 6.30. The molecule has 104 valence electrons. The Hall–Kier alpha value is -1.91. The van der Waals surface area contributed by atoms with Crippen LogP contribution in [0.1, 0.15) is 32.3 Å². The summed E-state index contributed by atoms with van der Waals surface area (Å²) in [6, 6.07) is 6.32. The van der Waals surface area contributed by atoms with Gasteiger partial charge < -0.3 is 0 Å². The molecule has 0 bridgehead atoms. The van der Waals surface area contributed by atoms with E-state index in [1.807, 2.05) is 13.8 Å². The first-order valence-corrected chi connectivity index (χ1v) is 6.30. The van der Waals surface area contributed by atoms with Crippen LogP contribution in [0.5, 0.6) is 0 Å². The van der Waals surface area contributed by atoms with Crippen LogP contribution in [0.15, 0.2) is 24.3 Å². The third-order valence-corrected chi connectivity index (χ3v) is 2.51. The van der Waals surface area contributed by atoms with Crippen molar-refractivity contribution in [3.63, 3.8) is 0 Å². The van der Waals surface area contributed by atoms with Gasteiger partial charge in [0.25, 0.3) is 0 Å². The Morgan fingerprint density at radius 1 is 1.16 bits per heavy atom. The molecule has 19 heavy (non-hydrogen) atoms. The SMILES string of the molecule is CC(C)CC(=O)NNC(=O)CCc1ccccc1F. The van der Waals surface area contributed by atoms with E-state index >= 15 is 0 Å². The first kappa shape index (κ1) is 15.1. The van der Waals surface area contributed by atoms with Crippen molar-refractivity contribution in [2.24, 2.45) is 5.92 Å². The van der Waals surface area contributed by atoms with Gasteiger partial charge in [-0.3, -0.25) is 20.4 Å². The van der Waals surface area contributed by atoms with Crippen molar-refractivity contribution in [2.75, 3.05) is 0 Å². The molecule has 0 spiro atoms. The number of amides is 2. The van der Waals surface area contributed by atoms with Gasteiger partial charge >= 0.3 is 0 Å². The fourth-order valence-electron chi connectivity index (χ4n) is 1.57. The van der Waals surface area contributed by atoms with Crippen LogP contribution in [-0.2, 0) is 16.0 Å². The van der Waals surface area contributed by atoms with Crippen molar-refractivity contribution in [1.82, 2.24) is 10.9 Å². The first-order chi connectivity index (χ1) is 8.99. The topological polar surface area (TPSA) is 58.2 Å². The molecule has 1 rings (SSSR count). The van der Waals surface area contributed by atoms with E-state index in [0.29, 0.717) is 18.4 Å². The predicted octanol–water partition coefficient (Wildman–Crippen LogP) is 1.95. The van der Waals surface area contributed by atoms with E-state index < -0.39 is 0 Å². The lowest BCUT2D eigenvalue weighted by molar-refractivity contribution is -0.129. The molecule has 2 amide bonds. The van der Waals surface area contributed by atoms with Crippen LogP contribution < -0.4 is 10.9 Å². The Balaban J connectivity index is 2.29. The minimum Gasteiger partial charge on any atom is -0.273 e. The number of halogens is 1. The monoisotopic (exact) mass is 266 g/mol. The summed E-state index contributed by atoms with van der Waals surface area (Å²) in [7, 11) is 0. The minimum absolute atomic E-state index is 0.128. The molecule has 0 radical (unpaired) electrons. The van der Waals surface area contributed by atoms with Crippen LogP contribution in [-0.4, -0.2) is 11.8 Å². The lowest BCUT2D eigenvalue weighted by atomic mass is 10.1. The zero-order valence-electron chi connectivity index (χ0n) is 11.2. The number of carbonyl (C=O) groups is 2. The van der Waals surface area contributed by atoms with Crippen molar-refractivity contribution in [3.8, 4) is 0 Å². The molecule has 0 aliphatic rings. The zero-order valence-corrected chi connectivity index (χ0v) is 11.2. The van der Waals surface area contributed by atoms with Crippen LogP contribution in [0.3, 0.4) is 0 Å². The molecule has 2 N–H and O–H groups in total. The van der Waals surface area contributed by atoms with Gasteiger partial charge in [-0.2, -0.15) is 0 Å². The van der Waals surface area contributed by atoms with E-state index in [1.165, 1.54) is 6.07 Å². The summed E-state index contributed by atoms with van der Waals surface area (Å²) in [4.78, 5) is 22.8. The lowest BCUT2D eigenvalue weighted by Gasteiger charge is -2.09. The fourth-order valence-corrected chi connectivity index (χ4v) is 1.57. The van der Waals surface area contributed by atoms with Gasteiger partial charge in [0.1, 0.15) is 5.82 Å². The quantitative estimate of drug-likeness (QED) is 0.800. The summed E-state index contributed by atoms with van der Waals surface area (Å²) in [5.74, 6) is -0.649. The van der Waals surface area contributed by atoms with Crippen molar-refractivity contribution >= 4 is 11.8 Å². The average molecular weight is 266 g/mol. The van der Waals surface area contributed by atoms with Gasteiger partial charge in [-0.1, -0.05) is 32.0 Å². The summed E-state index contributed by atoms with van der Waals surface area (Å²) < 4.78 is 13.3. The highest BCUT2D eigenvalue weighted by atomic mass is 19.1. The summed E-state index contributed by atoms with van der Waals surface area (Å²) in [6.45, 7) is 3.83. The number of nitrogens with one attached hydrogen (secondary N) is 2. The van der Waals surface area contributed by atoms with Gasteiger partial charge in [0, 0.05) is 12.8 Å². The molecule has 0 aliphatic carbocycles. The Morgan fingerprint density at radius 3 is 2.42 bits per heavy atom. The zero-order chi connectivity index (χ0) is 14.3. The average Bonchev–Trinajstić information content (AvgIpc) is 2.34. The second-order valence-corrected chi connectivity index (χ2v) is 4.79. The molecule has 0 aromatic heterocycles. The molecule has 0 heterocycles. The molecule has 4 nitrogen and oxygen atoms in total. The smallest absolute Gasteiger partial charge is 0.238 e. The Morgan fingerprint density at radius 2 is 1.79 bits per heavy atom. The van der Waals surface area contributed by atoms with Gasteiger partial charge in [-0.05, 0) is 24.0 Å². The lowest BCUT2D eigenvalue weighted by Crippen LogP contribution is -2.42. The molecule has 1 aromatic carbocycles. The largest absolute Gasteiger partial charge is 0.273 e. The van der Waals surface area contributed by atoms with Crippen LogP contribution >= 0.6 is 0 Å². The van der Waals surface area contributed by atoms with Gasteiger partial charge in [0.15, 0.2) is 0 Å². The van der Waals surface area contributed by atoms with Crippen LogP contribution in [0, 0.1) is 11.7 Å². The summed E-state index contributed by atoms with van der Waals surface area (Å²) in [5, 5.41) is 0. The van der Waals surface area contributed by atoms with Crippen molar-refractivity contribution < 1.29 is 14.0 Å². The second-order valence-electron chi connectivity index (χ2n) is 4.79. The van der Waals surface area contributed by atoms with E-state index in [0.717, 1.165) is 0 Å². The number of hydrogen-bond acceptors (Lipinski definition) is 2. The van der Waals surface area contributed by atoms with E-state index in [-0.39, 0.29) is 30.0 Å². The standard InChI is InChI=1S/C14H19FN2O2/c1-10(2)9-14(19)17-16-13(18)8-7-11-5-3-4-6-12(11)15/h3-6,10H,7-9H2,1-2H3,(H,16,18)(H,17,19). The third-order valence-electron chi connectivity index (χ3n) is 2.51. The number of rotatable bonds is 5. The van der Waals surface area contributed by atoms with Gasteiger partial charge in [-0.25, -0.2) is 4.39 Å². The number of hydrogen-bond donors (Lipinski definition) is 2. The van der Waals surface area contributed by atoms with E-state index in [2.05, 4.69) is 10.9 Å². The van der Waals surface area contributed by atoms with Crippen molar-refractivity contribution in [2.45, 2.75) is 33.1 Å². The molecular weight excluding hydrogens is 247 g/mol. The Bertz CT molecular complexity index is 447. The van der Waals surface area contributed by atoms with Crippen LogP contribution in [0.4, 0.5) is 4.39 Å². The van der Waals surface area contributed by atoms with Gasteiger partial charge in [-0.15, -0.1) is 0 Å². The third kappa shape index (κ3) is 5.99. The number of carbonyl (C=O) groups excluding carboxylic acids is 2. The van der Waals surface area contributed by atoms with E-state index in [4.69, 9.17) is 0 Å². The number of benzene rings is 1. The maximum atomic E-state index is 13.3. The number of aryl methyl sites for hydroxylation is 1. The van der Waals surface area contributed by atoms with Gasteiger partial charge in [0.2, 0.25) is 11.8 Å². The van der Waals surface area contributed by atoms with Crippen LogP contribution in [0.2, 0.25) is 0 Å². The maximum Gasteiger partial charge on any atom is 0.238 e. The highest BCUT2D eigenvalue weighted by Gasteiger charge is 2.08. The second kappa shape index (κ2) is 7.51. The highest BCUT2D eigenvalue weighted by Crippen LogP contribution is 2.08. The fraction of sp³-hybridized carbons (Fsp3) is 0.429. The normalized spacial score (nSPS) is 10.3. The molecule has 0 unspecified atom stereocenters. The summed E-state index contributed by atoms with van der Waals surface area (Å²) >= 11 is 0. The summed E-state index contributed by atoms with van der Waals surface area (Å²) in [5.41, 5.74) is 5.14. The maximum absolute atomic E-state index is 13.3. The predicted molar refractivity (Wildman–Crippen MR) is 70.5 cm³/mol. The number of hydrazine groups is 1. The summed E-state index contributed by atoms with van der Waals surface area (Å²) in [6.07, 6.45) is 0.787. The minimum atomic E-state index is -0.333. The molecule has 0 saturated carbocycles. The molecular formula is C14H19FN2O2. The molecule has 1 aromatic rings. The van der Waals surface area contributed by atoms with Crippen LogP contribution in [0.25, 0.3) is 0 Å². The van der Waals surface area contributed by atoms with Crippen molar-refractivity contribution in [1.29, 1.82) is 0 Å². The highest BCUT2D eigenvalue weighted by molar-refractivity contribution is 5.82. The van der Waals surface area contributed by atoms with Crippen molar-refractivity contribution in [3.05, 3.63) is 35.6 Å². The van der Waals surface area contributed by atoms with E-state index in [9.17, 15) is 14.0 Å². The van der Waals surface area contributed by atoms with Gasteiger partial charge in [0.05, 0.1) is 0 Å². The molecule has 5 heteroatoms.